The highest BCUT2D eigenvalue weighted by Gasteiger charge is 2.10. The van der Waals surface area contributed by atoms with Crippen molar-refractivity contribution in [3.63, 3.8) is 0 Å². The summed E-state index contributed by atoms with van der Waals surface area (Å²) >= 11 is 0. The van der Waals surface area contributed by atoms with Crippen LogP contribution >= 0.6 is 0 Å². The normalized spacial score (nSPS) is 10.6. The maximum absolute atomic E-state index is 11.4. The molecule has 0 aliphatic carbocycles. The molecule has 0 atom stereocenters. The number of nitrogens with one attached hydrogen (secondary N) is 1. The Morgan fingerprint density at radius 3 is 3.00 bits per heavy atom. The van der Waals surface area contributed by atoms with Crippen molar-refractivity contribution in [2.75, 3.05) is 13.2 Å². The van der Waals surface area contributed by atoms with Gasteiger partial charge in [0.25, 0.3) is 5.91 Å². The van der Waals surface area contributed by atoms with Crippen LogP contribution in [0.25, 0.3) is 10.9 Å². The Kier molecular flexibility index (Phi) is 3.82. The number of rotatable bonds is 5. The van der Waals surface area contributed by atoms with Crippen molar-refractivity contribution in [2.24, 2.45) is 7.05 Å². The van der Waals surface area contributed by atoms with Gasteiger partial charge in [-0.1, -0.05) is 19.1 Å². The lowest BCUT2D eigenvalue weighted by Gasteiger charge is -2.04. The third-order valence-electron chi connectivity index (χ3n) is 2.64. The number of para-hydroxylation sites is 1. The predicted octanol–water partition coefficient (Wildman–Crippen LogP) is 1.48. The maximum Gasteiger partial charge on any atom is 0.258 e. The highest BCUT2D eigenvalue weighted by molar-refractivity contribution is 5.85. The van der Waals surface area contributed by atoms with Gasteiger partial charge in [0.2, 0.25) is 5.88 Å². The van der Waals surface area contributed by atoms with Crippen molar-refractivity contribution < 1.29 is 9.53 Å². The summed E-state index contributed by atoms with van der Waals surface area (Å²) in [5.74, 6) is 0.381. The standard InChI is InChI=1S/C13H17N3O2/c1-3-8-14-12(17)9-18-13-10-6-4-5-7-11(10)16(2)15-13/h4-7H,3,8-9H2,1-2H3,(H,14,17). The first-order valence-electron chi connectivity index (χ1n) is 6.03. The van der Waals surface area contributed by atoms with Crippen LogP contribution in [0, 0.1) is 0 Å². The van der Waals surface area contributed by atoms with Crippen LogP contribution in [0.1, 0.15) is 13.3 Å². The Balaban J connectivity index is 2.06. The van der Waals surface area contributed by atoms with Crippen LogP contribution in [0.3, 0.4) is 0 Å². The highest BCUT2D eigenvalue weighted by atomic mass is 16.5. The van der Waals surface area contributed by atoms with E-state index in [4.69, 9.17) is 4.74 Å². The predicted molar refractivity (Wildman–Crippen MR) is 69.5 cm³/mol. The van der Waals surface area contributed by atoms with E-state index in [9.17, 15) is 4.79 Å². The third-order valence-corrected chi connectivity index (χ3v) is 2.64. The lowest BCUT2D eigenvalue weighted by atomic mass is 10.2. The number of hydrogen-bond donors (Lipinski definition) is 1. The minimum absolute atomic E-state index is 0.001000. The van der Waals surface area contributed by atoms with E-state index >= 15 is 0 Å². The van der Waals surface area contributed by atoms with E-state index in [1.54, 1.807) is 4.68 Å². The van der Waals surface area contributed by atoms with Crippen LogP contribution in [0.15, 0.2) is 24.3 Å². The fourth-order valence-electron chi connectivity index (χ4n) is 1.74. The molecule has 1 heterocycles. The van der Waals surface area contributed by atoms with Crippen molar-refractivity contribution >= 4 is 16.8 Å². The zero-order chi connectivity index (χ0) is 13.0. The molecule has 0 unspecified atom stereocenters. The molecule has 0 aliphatic heterocycles. The third kappa shape index (κ3) is 2.61. The zero-order valence-electron chi connectivity index (χ0n) is 10.6. The van der Waals surface area contributed by atoms with Gasteiger partial charge in [0.15, 0.2) is 6.61 Å². The van der Waals surface area contributed by atoms with E-state index in [-0.39, 0.29) is 12.5 Å². The van der Waals surface area contributed by atoms with Gasteiger partial charge in [0, 0.05) is 13.6 Å². The van der Waals surface area contributed by atoms with Gasteiger partial charge in [0.1, 0.15) is 0 Å². The minimum atomic E-state index is -0.119. The Labute approximate surface area is 106 Å². The smallest absolute Gasteiger partial charge is 0.258 e. The van der Waals surface area contributed by atoms with Crippen LogP contribution < -0.4 is 10.1 Å². The van der Waals surface area contributed by atoms with E-state index in [0.29, 0.717) is 12.4 Å². The quantitative estimate of drug-likeness (QED) is 0.870. The molecule has 5 heteroatoms. The van der Waals surface area contributed by atoms with E-state index < -0.39 is 0 Å². The molecule has 1 amide bonds. The maximum atomic E-state index is 11.4. The number of aryl methyl sites for hydroxylation is 1. The lowest BCUT2D eigenvalue weighted by molar-refractivity contribution is -0.123. The molecule has 1 N–H and O–H groups in total. The molecule has 96 valence electrons. The zero-order valence-corrected chi connectivity index (χ0v) is 10.6. The molecule has 18 heavy (non-hydrogen) atoms. The van der Waals surface area contributed by atoms with Crippen LogP contribution in [0.2, 0.25) is 0 Å². The molecule has 2 rings (SSSR count). The second-order valence-electron chi connectivity index (χ2n) is 4.08. The van der Waals surface area contributed by atoms with E-state index in [0.717, 1.165) is 17.3 Å². The number of nitrogens with zero attached hydrogens (tertiary/aromatic N) is 2. The number of ether oxygens (including phenoxy) is 1. The van der Waals surface area contributed by atoms with Crippen LogP contribution in [0.5, 0.6) is 5.88 Å². The van der Waals surface area contributed by atoms with Gasteiger partial charge >= 0.3 is 0 Å². The second-order valence-corrected chi connectivity index (χ2v) is 4.08. The van der Waals surface area contributed by atoms with Gasteiger partial charge in [-0.3, -0.25) is 9.48 Å². The Morgan fingerprint density at radius 2 is 2.22 bits per heavy atom. The molecule has 0 radical (unpaired) electrons. The SMILES string of the molecule is CCCNC(=O)COc1nn(C)c2ccccc12. The first-order valence-corrected chi connectivity index (χ1v) is 6.03. The van der Waals surface area contributed by atoms with Crippen LogP contribution in [-0.4, -0.2) is 28.8 Å². The lowest BCUT2D eigenvalue weighted by Crippen LogP contribution is -2.29. The molecule has 0 saturated heterocycles. The fourth-order valence-corrected chi connectivity index (χ4v) is 1.74. The van der Waals surface area contributed by atoms with E-state index in [1.807, 2.05) is 38.2 Å². The Morgan fingerprint density at radius 1 is 1.44 bits per heavy atom. The topological polar surface area (TPSA) is 56.1 Å². The highest BCUT2D eigenvalue weighted by Crippen LogP contribution is 2.23. The van der Waals surface area contributed by atoms with Gasteiger partial charge in [-0.2, -0.15) is 0 Å². The number of aromatic nitrogens is 2. The molecule has 0 spiro atoms. The first kappa shape index (κ1) is 12.4. The summed E-state index contributed by atoms with van der Waals surface area (Å²) in [5, 5.41) is 7.94. The molecule has 0 aliphatic rings. The van der Waals surface area contributed by atoms with Gasteiger partial charge in [-0.15, -0.1) is 5.10 Å². The van der Waals surface area contributed by atoms with E-state index in [1.165, 1.54) is 0 Å². The number of fused-ring (bicyclic) bond motifs is 1. The average Bonchev–Trinajstić information content (AvgIpc) is 2.71. The number of carbonyl (C=O) groups excluding carboxylic acids is 1. The number of carbonyl (C=O) groups is 1. The summed E-state index contributed by atoms with van der Waals surface area (Å²) in [6.45, 7) is 2.68. The molecule has 2 aromatic rings. The molecule has 1 aromatic heterocycles. The Hall–Kier alpha value is -2.04. The van der Waals surface area contributed by atoms with Crippen molar-refractivity contribution in [2.45, 2.75) is 13.3 Å². The molecular formula is C13H17N3O2. The molecule has 0 fully saturated rings. The van der Waals surface area contributed by atoms with Crippen molar-refractivity contribution in [1.82, 2.24) is 15.1 Å². The molecule has 1 aromatic carbocycles. The van der Waals surface area contributed by atoms with Gasteiger partial charge in [-0.05, 0) is 18.6 Å². The summed E-state index contributed by atoms with van der Waals surface area (Å²) in [6, 6.07) is 7.77. The minimum Gasteiger partial charge on any atom is -0.466 e. The summed E-state index contributed by atoms with van der Waals surface area (Å²) in [7, 11) is 1.85. The van der Waals surface area contributed by atoms with Gasteiger partial charge < -0.3 is 10.1 Å². The number of benzene rings is 1. The van der Waals surface area contributed by atoms with Crippen LogP contribution in [-0.2, 0) is 11.8 Å². The fraction of sp³-hybridized carbons (Fsp3) is 0.385. The summed E-state index contributed by atoms with van der Waals surface area (Å²) in [6.07, 6.45) is 0.915. The molecular weight excluding hydrogens is 230 g/mol. The largest absolute Gasteiger partial charge is 0.466 e. The molecule has 5 nitrogen and oxygen atoms in total. The molecule has 0 saturated carbocycles. The van der Waals surface area contributed by atoms with E-state index in [2.05, 4.69) is 10.4 Å². The van der Waals surface area contributed by atoms with Crippen LogP contribution in [0.4, 0.5) is 0 Å². The average molecular weight is 247 g/mol. The second kappa shape index (κ2) is 5.53. The molecule has 0 bridgehead atoms. The summed E-state index contributed by atoms with van der Waals surface area (Å²) in [4.78, 5) is 11.4. The van der Waals surface area contributed by atoms with Gasteiger partial charge in [0.05, 0.1) is 10.9 Å². The number of hydrogen-bond acceptors (Lipinski definition) is 3. The monoisotopic (exact) mass is 247 g/mol. The van der Waals surface area contributed by atoms with Crippen molar-refractivity contribution in [1.29, 1.82) is 0 Å². The number of amides is 1. The first-order chi connectivity index (χ1) is 8.72. The van der Waals surface area contributed by atoms with Crippen molar-refractivity contribution in [3.05, 3.63) is 24.3 Å². The van der Waals surface area contributed by atoms with Gasteiger partial charge in [-0.25, -0.2) is 0 Å². The summed E-state index contributed by atoms with van der Waals surface area (Å²) in [5.41, 5.74) is 0.987. The summed E-state index contributed by atoms with van der Waals surface area (Å²) < 4.78 is 7.20. The Bertz CT molecular complexity index is 548. The van der Waals surface area contributed by atoms with Crippen molar-refractivity contribution in [3.8, 4) is 5.88 Å².